The number of rotatable bonds is 1. The van der Waals surface area contributed by atoms with Crippen LogP contribution in [0.3, 0.4) is 0 Å². The Kier molecular flexibility index (Phi) is 4.55. The van der Waals surface area contributed by atoms with Gasteiger partial charge in [-0.25, -0.2) is 14.4 Å². The molecule has 0 spiro atoms. The summed E-state index contributed by atoms with van der Waals surface area (Å²) in [5.41, 5.74) is 2.54. The molecule has 0 unspecified atom stereocenters. The monoisotopic (exact) mass is 340 g/mol. The van der Waals surface area contributed by atoms with Gasteiger partial charge >= 0.3 is 0 Å². The van der Waals surface area contributed by atoms with Gasteiger partial charge in [-0.1, -0.05) is 6.58 Å². The predicted molar refractivity (Wildman–Crippen MR) is 96.9 cm³/mol. The van der Waals surface area contributed by atoms with Gasteiger partial charge in [0.15, 0.2) is 0 Å². The first kappa shape index (κ1) is 17.1. The van der Waals surface area contributed by atoms with E-state index in [1.807, 2.05) is 19.9 Å². The van der Waals surface area contributed by atoms with E-state index in [9.17, 15) is 4.39 Å². The van der Waals surface area contributed by atoms with Crippen LogP contribution in [0.25, 0.3) is 5.70 Å². The van der Waals surface area contributed by atoms with Gasteiger partial charge in [0.1, 0.15) is 11.9 Å². The number of fused-ring (bicyclic) bond motifs is 1. The number of halogens is 1. The predicted octanol–water partition coefficient (Wildman–Crippen LogP) is 2.61. The van der Waals surface area contributed by atoms with Crippen molar-refractivity contribution in [3.05, 3.63) is 35.7 Å². The molecule has 7 heteroatoms. The van der Waals surface area contributed by atoms with Crippen LogP contribution in [0.15, 0.2) is 28.8 Å². The van der Waals surface area contributed by atoms with Gasteiger partial charge in [-0.2, -0.15) is 10.4 Å². The highest BCUT2D eigenvalue weighted by molar-refractivity contribution is 5.97. The number of likely N-dealkylation sites (N-methyl/N-ethyl adjacent to an activating group) is 1. The molecule has 0 atom stereocenters. The highest BCUT2D eigenvalue weighted by atomic mass is 19.1. The molecule has 2 heterocycles. The maximum absolute atomic E-state index is 14.0. The third-order valence-corrected chi connectivity index (χ3v) is 4.27. The SMILES string of the molecule is C=C1c2cc(C#N)c(F)cc2N=C(N2CCN(C)CC2)N1N=C(C)C. The maximum Gasteiger partial charge on any atom is 0.227 e. The van der Waals surface area contributed by atoms with E-state index in [2.05, 4.69) is 33.5 Å². The number of aliphatic imine (C=N–C) groups is 1. The third kappa shape index (κ3) is 3.26. The lowest BCUT2D eigenvalue weighted by molar-refractivity contribution is 0.204. The third-order valence-electron chi connectivity index (χ3n) is 4.27. The lowest BCUT2D eigenvalue weighted by Crippen LogP contribution is -2.51. The van der Waals surface area contributed by atoms with Crippen molar-refractivity contribution >= 4 is 23.1 Å². The number of hydrogen-bond acceptors (Lipinski definition) is 6. The average molecular weight is 340 g/mol. The molecule has 130 valence electrons. The highest BCUT2D eigenvalue weighted by Crippen LogP contribution is 2.36. The van der Waals surface area contributed by atoms with Gasteiger partial charge in [0.25, 0.3) is 0 Å². The first-order chi connectivity index (χ1) is 11.9. The van der Waals surface area contributed by atoms with Gasteiger partial charge in [-0.15, -0.1) is 0 Å². The fraction of sp³-hybridized carbons (Fsp3) is 0.389. The summed E-state index contributed by atoms with van der Waals surface area (Å²) >= 11 is 0. The molecule has 25 heavy (non-hydrogen) atoms. The van der Waals surface area contributed by atoms with Gasteiger partial charge < -0.3 is 9.80 Å². The minimum Gasteiger partial charge on any atom is -0.338 e. The Hall–Kier alpha value is -2.72. The molecule has 1 fully saturated rings. The van der Waals surface area contributed by atoms with Gasteiger partial charge in [0.05, 0.1) is 16.9 Å². The van der Waals surface area contributed by atoms with Crippen molar-refractivity contribution in [3.8, 4) is 6.07 Å². The molecule has 1 aromatic rings. The Bertz CT molecular complexity index is 808. The Morgan fingerprint density at radius 2 is 1.96 bits per heavy atom. The molecule has 0 radical (unpaired) electrons. The second kappa shape index (κ2) is 6.65. The number of piperazine rings is 1. The van der Waals surface area contributed by atoms with Crippen LogP contribution in [0, 0.1) is 17.1 Å². The number of benzene rings is 1. The van der Waals surface area contributed by atoms with Crippen molar-refractivity contribution in [3.63, 3.8) is 0 Å². The molecule has 0 aromatic heterocycles. The fourth-order valence-corrected chi connectivity index (χ4v) is 2.88. The zero-order valence-electron chi connectivity index (χ0n) is 14.8. The quantitative estimate of drug-likeness (QED) is 0.738. The molecule has 3 rings (SSSR count). The van der Waals surface area contributed by atoms with Gasteiger partial charge in [0, 0.05) is 43.5 Å². The van der Waals surface area contributed by atoms with E-state index < -0.39 is 5.82 Å². The molecule has 0 N–H and O–H groups in total. The van der Waals surface area contributed by atoms with Crippen molar-refractivity contribution in [1.29, 1.82) is 5.26 Å². The second-order valence-corrected chi connectivity index (χ2v) is 6.47. The molecule has 2 aliphatic heterocycles. The van der Waals surface area contributed by atoms with Crippen LogP contribution in [0.5, 0.6) is 0 Å². The first-order valence-corrected chi connectivity index (χ1v) is 8.17. The molecule has 1 saturated heterocycles. The number of nitriles is 1. The Morgan fingerprint density at radius 3 is 2.56 bits per heavy atom. The van der Waals surface area contributed by atoms with Crippen molar-refractivity contribution in [2.75, 3.05) is 33.2 Å². The van der Waals surface area contributed by atoms with E-state index in [0.717, 1.165) is 31.9 Å². The maximum atomic E-state index is 14.0. The van der Waals surface area contributed by atoms with Gasteiger partial charge in [-0.3, -0.25) is 0 Å². The van der Waals surface area contributed by atoms with E-state index in [1.165, 1.54) is 12.1 Å². The molecule has 0 bridgehead atoms. The largest absolute Gasteiger partial charge is 0.338 e. The minimum atomic E-state index is -0.570. The van der Waals surface area contributed by atoms with Crippen molar-refractivity contribution in [2.24, 2.45) is 10.1 Å². The van der Waals surface area contributed by atoms with E-state index in [-0.39, 0.29) is 5.56 Å². The van der Waals surface area contributed by atoms with Gasteiger partial charge in [0.2, 0.25) is 5.96 Å². The molecule has 2 aliphatic rings. The van der Waals surface area contributed by atoms with Crippen LogP contribution >= 0.6 is 0 Å². The Morgan fingerprint density at radius 1 is 1.28 bits per heavy atom. The molecular formula is C18H21FN6. The summed E-state index contributed by atoms with van der Waals surface area (Å²) in [4.78, 5) is 9.03. The number of hydrazone groups is 1. The van der Waals surface area contributed by atoms with Crippen LogP contribution in [-0.4, -0.2) is 59.7 Å². The zero-order chi connectivity index (χ0) is 18.1. The summed E-state index contributed by atoms with van der Waals surface area (Å²) in [5.74, 6) is 0.0788. The Labute approximate surface area is 147 Å². The average Bonchev–Trinajstić information content (AvgIpc) is 2.57. The molecule has 0 aliphatic carbocycles. The molecule has 1 aromatic carbocycles. The summed E-state index contributed by atoms with van der Waals surface area (Å²) in [6, 6.07) is 4.66. The topological polar surface area (TPSA) is 58.2 Å². The summed E-state index contributed by atoms with van der Waals surface area (Å²) in [5, 5.41) is 15.3. The Balaban J connectivity index is 2.10. The molecule has 0 saturated carbocycles. The second-order valence-electron chi connectivity index (χ2n) is 6.47. The van der Waals surface area contributed by atoms with E-state index >= 15 is 0 Å². The zero-order valence-corrected chi connectivity index (χ0v) is 14.8. The molecule has 0 amide bonds. The lowest BCUT2D eigenvalue weighted by atomic mass is 10.0. The summed E-state index contributed by atoms with van der Waals surface area (Å²) < 4.78 is 14.0. The summed E-state index contributed by atoms with van der Waals surface area (Å²) in [6.07, 6.45) is 0. The number of guanidine groups is 1. The molecule has 6 nitrogen and oxygen atoms in total. The van der Waals surface area contributed by atoms with Crippen LogP contribution < -0.4 is 0 Å². The lowest BCUT2D eigenvalue weighted by Gasteiger charge is -2.39. The number of hydrogen-bond donors (Lipinski definition) is 0. The minimum absolute atomic E-state index is 0.0182. The van der Waals surface area contributed by atoms with Crippen molar-refractivity contribution in [1.82, 2.24) is 14.8 Å². The van der Waals surface area contributed by atoms with E-state index in [1.54, 1.807) is 5.01 Å². The van der Waals surface area contributed by atoms with Crippen LogP contribution in [-0.2, 0) is 0 Å². The summed E-state index contributed by atoms with van der Waals surface area (Å²) in [6.45, 7) is 11.4. The van der Waals surface area contributed by atoms with Crippen LogP contribution in [0.1, 0.15) is 25.0 Å². The van der Waals surface area contributed by atoms with Crippen molar-refractivity contribution < 1.29 is 4.39 Å². The van der Waals surface area contributed by atoms with Crippen LogP contribution in [0.4, 0.5) is 10.1 Å². The molecular weight excluding hydrogens is 319 g/mol. The van der Waals surface area contributed by atoms with Gasteiger partial charge in [-0.05, 0) is 27.0 Å². The summed E-state index contributed by atoms with van der Waals surface area (Å²) in [7, 11) is 2.08. The van der Waals surface area contributed by atoms with Crippen molar-refractivity contribution in [2.45, 2.75) is 13.8 Å². The fourth-order valence-electron chi connectivity index (χ4n) is 2.88. The van der Waals surface area contributed by atoms with Crippen LogP contribution in [0.2, 0.25) is 0 Å². The van der Waals surface area contributed by atoms with E-state index in [4.69, 9.17) is 5.26 Å². The van der Waals surface area contributed by atoms with E-state index in [0.29, 0.717) is 22.9 Å². The standard InChI is InChI=1S/C18H21FN6/c1-12(2)22-25-13(3)15-9-14(11-20)16(19)10-17(15)21-18(25)24-7-5-23(4)6-8-24/h9-10H,3,5-8H2,1-2,4H3. The smallest absolute Gasteiger partial charge is 0.227 e. The number of nitrogens with zero attached hydrogens (tertiary/aromatic N) is 6. The first-order valence-electron chi connectivity index (χ1n) is 8.17. The normalized spacial score (nSPS) is 17.7. The highest BCUT2D eigenvalue weighted by Gasteiger charge is 2.30.